The molecule has 27 heavy (non-hydrogen) atoms. The van der Waals surface area contributed by atoms with Gasteiger partial charge in [-0.15, -0.1) is 0 Å². The van der Waals surface area contributed by atoms with Crippen molar-refractivity contribution in [2.75, 3.05) is 0 Å². The van der Waals surface area contributed by atoms with Crippen molar-refractivity contribution < 1.29 is 7.08 Å². The van der Waals surface area contributed by atoms with Gasteiger partial charge in [-0.2, -0.15) is 0 Å². The Morgan fingerprint density at radius 2 is 0.963 bits per heavy atom. The molecule has 0 aliphatic carbocycles. The van der Waals surface area contributed by atoms with Gasteiger partial charge in [0.15, 0.2) is 0 Å². The summed E-state index contributed by atoms with van der Waals surface area (Å²) < 4.78 is 24.3. The second-order valence-electron chi connectivity index (χ2n) is 6.34. The molecule has 0 N–H and O–H groups in total. The Morgan fingerprint density at radius 3 is 1.37 bits per heavy atom. The molecule has 4 rings (SSSR count). The van der Waals surface area contributed by atoms with Crippen LogP contribution < -0.4 is 12.1 Å². The number of hydrogen-bond acceptors (Lipinski definition) is 1. The topological polar surface area (TPSA) is 9.23 Å². The summed E-state index contributed by atoms with van der Waals surface area (Å²) in [5, 5.41) is 0. The number of rotatable bonds is 5. The molecule has 1 nitrogen and oxygen atoms in total. The van der Waals surface area contributed by atoms with E-state index in [1.165, 1.54) is 21.5 Å². The molecule has 0 radical (unpaired) electrons. The molecule has 4 aromatic carbocycles. The zero-order valence-corrected chi connectivity index (χ0v) is 18.6. The summed E-state index contributed by atoms with van der Waals surface area (Å²) in [6, 6.07) is 37.6. The predicted octanol–water partition coefficient (Wildman–Crippen LogP) is 3.87. The van der Waals surface area contributed by atoms with Gasteiger partial charge in [0.05, 0.1) is 0 Å². The molecule has 132 valence electrons. The van der Waals surface area contributed by atoms with Crippen LogP contribution in [0.15, 0.2) is 115 Å². The summed E-state index contributed by atoms with van der Waals surface area (Å²) in [5.74, 6) is 0.289. The van der Waals surface area contributed by atoms with E-state index in [0.717, 1.165) is 0 Å². The summed E-state index contributed by atoms with van der Waals surface area (Å²) in [4.78, 5) is 0. The van der Waals surface area contributed by atoms with E-state index >= 15 is 0 Å². The first kappa shape index (κ1) is 17.9. The first-order valence-corrected chi connectivity index (χ1v) is 16.3. The molecule has 0 aromatic heterocycles. The SMILES string of the molecule is Fc1cccc([O][Pb]([c]2ccccc2)([c]2ccccc2)[c]2ccccc2)c1. The van der Waals surface area contributed by atoms with E-state index in [-0.39, 0.29) is 5.82 Å². The van der Waals surface area contributed by atoms with Crippen molar-refractivity contribution in [3.8, 4) is 5.75 Å². The molecule has 0 aliphatic heterocycles. The predicted molar refractivity (Wildman–Crippen MR) is 111 cm³/mol. The molecule has 4 aromatic rings. The second kappa shape index (κ2) is 8.05. The monoisotopic (exact) mass is 550 g/mol. The third-order valence-electron chi connectivity index (χ3n) is 4.61. The van der Waals surface area contributed by atoms with E-state index < -0.39 is 21.6 Å². The third kappa shape index (κ3) is 3.67. The van der Waals surface area contributed by atoms with Gasteiger partial charge in [0.1, 0.15) is 0 Å². The van der Waals surface area contributed by atoms with Crippen molar-refractivity contribution in [1.82, 2.24) is 0 Å². The molecule has 0 aliphatic rings. The van der Waals surface area contributed by atoms with Crippen LogP contribution in [0.4, 0.5) is 4.39 Å². The normalized spacial score (nSPS) is 11.1. The Labute approximate surface area is 164 Å². The maximum atomic E-state index is 13.9. The molecule has 0 amide bonds. The fraction of sp³-hybridized carbons (Fsp3) is 0. The minimum absolute atomic E-state index is 0.288. The van der Waals surface area contributed by atoms with Gasteiger partial charge in [0.25, 0.3) is 0 Å². The summed E-state index contributed by atoms with van der Waals surface area (Å²) in [7, 11) is 0. The van der Waals surface area contributed by atoms with E-state index in [2.05, 4.69) is 36.4 Å². The Bertz CT molecular complexity index is 907. The zero-order chi connectivity index (χ0) is 18.5. The average molecular weight is 550 g/mol. The molecule has 0 atom stereocenters. The fourth-order valence-electron chi connectivity index (χ4n) is 3.40. The van der Waals surface area contributed by atoms with Gasteiger partial charge in [-0.1, -0.05) is 0 Å². The van der Waals surface area contributed by atoms with Crippen LogP contribution in [0.5, 0.6) is 5.75 Å². The van der Waals surface area contributed by atoms with Crippen molar-refractivity contribution in [3.63, 3.8) is 0 Å². The van der Waals surface area contributed by atoms with Crippen molar-refractivity contribution >= 4 is 31.0 Å². The van der Waals surface area contributed by atoms with E-state index in [4.69, 9.17) is 2.69 Å². The molecule has 0 fully saturated rings. The van der Waals surface area contributed by atoms with Gasteiger partial charge in [-0.3, -0.25) is 0 Å². The van der Waals surface area contributed by atoms with E-state index in [9.17, 15) is 4.39 Å². The molecule has 3 heteroatoms. The summed E-state index contributed by atoms with van der Waals surface area (Å²) in [5.41, 5.74) is 0. The van der Waals surface area contributed by atoms with Crippen LogP contribution in [0, 0.1) is 5.82 Å². The number of hydrogen-bond donors (Lipinski definition) is 0. The Hall–Kier alpha value is -2.47. The van der Waals surface area contributed by atoms with Gasteiger partial charge < -0.3 is 0 Å². The minimum atomic E-state index is -4.03. The fourth-order valence-corrected chi connectivity index (χ4v) is 18.3. The van der Waals surface area contributed by atoms with Crippen LogP contribution in [0.25, 0.3) is 0 Å². The van der Waals surface area contributed by atoms with E-state index in [1.54, 1.807) is 6.07 Å². The van der Waals surface area contributed by atoms with Crippen LogP contribution in [-0.4, -0.2) is 21.6 Å². The molecule has 0 spiro atoms. The summed E-state index contributed by atoms with van der Waals surface area (Å²) in [6.07, 6.45) is 0. The molecule has 0 saturated carbocycles. The molecule has 0 unspecified atom stereocenters. The summed E-state index contributed by atoms with van der Waals surface area (Å²) >= 11 is -4.03. The average Bonchev–Trinajstić information content (AvgIpc) is 2.74. The van der Waals surface area contributed by atoms with Crippen LogP contribution in [-0.2, 0) is 0 Å². The van der Waals surface area contributed by atoms with Crippen LogP contribution >= 0.6 is 0 Å². The van der Waals surface area contributed by atoms with Crippen molar-refractivity contribution in [1.29, 1.82) is 0 Å². The molecular formula is C24H19FOPb. The maximum absolute atomic E-state index is 13.9. The van der Waals surface area contributed by atoms with Gasteiger partial charge in [-0.05, 0) is 0 Å². The summed E-state index contributed by atoms with van der Waals surface area (Å²) in [6.45, 7) is 0. The van der Waals surface area contributed by atoms with E-state index in [0.29, 0.717) is 5.75 Å². The second-order valence-corrected chi connectivity index (χ2v) is 19.2. The first-order valence-electron chi connectivity index (χ1n) is 8.90. The zero-order valence-electron chi connectivity index (χ0n) is 14.8. The van der Waals surface area contributed by atoms with E-state index in [1.807, 2.05) is 60.7 Å². The molecule has 0 bridgehead atoms. The Balaban J connectivity index is 2.00. The van der Waals surface area contributed by atoms with Crippen LogP contribution in [0.3, 0.4) is 0 Å². The number of benzene rings is 4. The molecule has 0 saturated heterocycles. The first-order chi connectivity index (χ1) is 13.3. The van der Waals surface area contributed by atoms with Gasteiger partial charge >= 0.3 is 165 Å². The van der Waals surface area contributed by atoms with Crippen molar-refractivity contribution in [3.05, 3.63) is 121 Å². The quantitative estimate of drug-likeness (QED) is 0.344. The van der Waals surface area contributed by atoms with Gasteiger partial charge in [0.2, 0.25) is 0 Å². The Kier molecular flexibility index (Phi) is 5.34. The van der Waals surface area contributed by atoms with Gasteiger partial charge in [0, 0.05) is 0 Å². The van der Waals surface area contributed by atoms with Crippen molar-refractivity contribution in [2.24, 2.45) is 0 Å². The molecule has 0 heterocycles. The standard InChI is InChI=1S/C6H5FO.3C6H5.Pb/c7-5-2-1-3-6(8)4-5;3*1-2-4-6-5-3-1;/h1-4,8H;3*1-5H;/q;;;;+1/p-1. The molecular weight excluding hydrogens is 530 g/mol. The van der Waals surface area contributed by atoms with Crippen LogP contribution in [0.2, 0.25) is 0 Å². The number of halogens is 1. The third-order valence-corrected chi connectivity index (χ3v) is 20.1. The van der Waals surface area contributed by atoms with Crippen LogP contribution in [0.1, 0.15) is 0 Å². The van der Waals surface area contributed by atoms with Gasteiger partial charge in [-0.25, -0.2) is 0 Å². The van der Waals surface area contributed by atoms with Crippen molar-refractivity contribution in [2.45, 2.75) is 0 Å². The Morgan fingerprint density at radius 1 is 0.519 bits per heavy atom.